The van der Waals surface area contributed by atoms with Gasteiger partial charge in [-0.25, -0.2) is 4.79 Å². The summed E-state index contributed by atoms with van der Waals surface area (Å²) < 4.78 is 0. The molecule has 3 rings (SSSR count). The third-order valence-corrected chi connectivity index (χ3v) is 4.31. The standard InChI is InChI=1S/C20H23N3O2/c24-19(23-14-6-1-2-7-15-23)16-10-12-18(13-11-16)22-20(25)21-17-8-4-3-5-9-17/h3-5,8-13H,1-2,6-7,14-15H2,(H2,21,22,25). The summed E-state index contributed by atoms with van der Waals surface area (Å²) in [6.45, 7) is 1.66. The summed E-state index contributed by atoms with van der Waals surface area (Å²) in [4.78, 5) is 26.5. The summed E-state index contributed by atoms with van der Waals surface area (Å²) in [6.07, 6.45) is 4.54. The molecule has 0 radical (unpaired) electrons. The molecule has 5 nitrogen and oxygen atoms in total. The zero-order valence-corrected chi connectivity index (χ0v) is 14.2. The quantitative estimate of drug-likeness (QED) is 0.875. The number of hydrogen-bond donors (Lipinski definition) is 2. The highest BCUT2D eigenvalue weighted by Crippen LogP contribution is 2.16. The lowest BCUT2D eigenvalue weighted by molar-refractivity contribution is 0.0761. The maximum Gasteiger partial charge on any atom is 0.323 e. The molecule has 2 aromatic rings. The Kier molecular flexibility index (Phi) is 5.67. The van der Waals surface area contributed by atoms with Crippen LogP contribution in [-0.4, -0.2) is 29.9 Å². The molecule has 3 amide bonds. The van der Waals surface area contributed by atoms with Crippen LogP contribution in [0.15, 0.2) is 54.6 Å². The fraction of sp³-hybridized carbons (Fsp3) is 0.300. The van der Waals surface area contributed by atoms with E-state index in [0.29, 0.717) is 11.3 Å². The summed E-state index contributed by atoms with van der Waals surface area (Å²) >= 11 is 0. The van der Waals surface area contributed by atoms with Gasteiger partial charge in [-0.1, -0.05) is 31.0 Å². The second kappa shape index (κ2) is 8.33. The molecule has 130 valence electrons. The van der Waals surface area contributed by atoms with Crippen molar-refractivity contribution in [2.75, 3.05) is 23.7 Å². The Bertz CT molecular complexity index is 705. The molecule has 1 fully saturated rings. The van der Waals surface area contributed by atoms with Crippen LogP contribution in [0, 0.1) is 0 Å². The van der Waals surface area contributed by atoms with Crippen LogP contribution in [0.25, 0.3) is 0 Å². The predicted octanol–water partition coefficient (Wildman–Crippen LogP) is 4.35. The lowest BCUT2D eigenvalue weighted by atomic mass is 10.1. The van der Waals surface area contributed by atoms with Crippen LogP contribution in [0.4, 0.5) is 16.2 Å². The fourth-order valence-electron chi connectivity index (χ4n) is 2.97. The average Bonchev–Trinajstić information content (AvgIpc) is 2.92. The Balaban J connectivity index is 1.58. The molecule has 1 heterocycles. The van der Waals surface area contributed by atoms with Gasteiger partial charge in [-0.05, 0) is 49.2 Å². The van der Waals surface area contributed by atoms with Crippen molar-refractivity contribution in [2.45, 2.75) is 25.7 Å². The first-order valence-electron chi connectivity index (χ1n) is 8.75. The Morgan fingerprint density at radius 3 is 1.88 bits per heavy atom. The van der Waals surface area contributed by atoms with Crippen molar-refractivity contribution < 1.29 is 9.59 Å². The van der Waals surface area contributed by atoms with Gasteiger partial charge in [-0.2, -0.15) is 0 Å². The lowest BCUT2D eigenvalue weighted by Crippen LogP contribution is -2.31. The number of urea groups is 1. The second-order valence-electron chi connectivity index (χ2n) is 6.23. The number of carbonyl (C=O) groups excluding carboxylic acids is 2. The van der Waals surface area contributed by atoms with E-state index in [9.17, 15) is 9.59 Å². The molecule has 1 aliphatic rings. The van der Waals surface area contributed by atoms with Gasteiger partial charge in [0, 0.05) is 30.0 Å². The van der Waals surface area contributed by atoms with Gasteiger partial charge in [-0.15, -0.1) is 0 Å². The van der Waals surface area contributed by atoms with E-state index in [1.165, 1.54) is 12.8 Å². The van der Waals surface area contributed by atoms with Gasteiger partial charge in [0.15, 0.2) is 0 Å². The first kappa shape index (κ1) is 17.0. The minimum atomic E-state index is -0.308. The summed E-state index contributed by atoms with van der Waals surface area (Å²) in [5, 5.41) is 5.53. The molecule has 1 aliphatic heterocycles. The van der Waals surface area contributed by atoms with E-state index >= 15 is 0 Å². The summed E-state index contributed by atoms with van der Waals surface area (Å²) in [5.41, 5.74) is 2.05. The van der Waals surface area contributed by atoms with E-state index in [-0.39, 0.29) is 11.9 Å². The fourth-order valence-corrected chi connectivity index (χ4v) is 2.97. The Morgan fingerprint density at radius 1 is 0.720 bits per heavy atom. The monoisotopic (exact) mass is 337 g/mol. The molecule has 0 unspecified atom stereocenters. The highest BCUT2D eigenvalue weighted by molar-refractivity contribution is 6.00. The number of anilines is 2. The molecule has 0 atom stereocenters. The van der Waals surface area contributed by atoms with Gasteiger partial charge in [-0.3, -0.25) is 4.79 Å². The van der Waals surface area contributed by atoms with Crippen molar-refractivity contribution in [3.8, 4) is 0 Å². The maximum absolute atomic E-state index is 12.6. The molecule has 0 aliphatic carbocycles. The van der Waals surface area contributed by atoms with Crippen LogP contribution in [-0.2, 0) is 0 Å². The van der Waals surface area contributed by atoms with E-state index in [1.54, 1.807) is 24.3 Å². The number of para-hydroxylation sites is 1. The number of rotatable bonds is 3. The summed E-state index contributed by atoms with van der Waals surface area (Å²) in [7, 11) is 0. The smallest absolute Gasteiger partial charge is 0.323 e. The van der Waals surface area contributed by atoms with Crippen molar-refractivity contribution in [3.63, 3.8) is 0 Å². The molecule has 0 spiro atoms. The highest BCUT2D eigenvalue weighted by Gasteiger charge is 2.17. The number of likely N-dealkylation sites (tertiary alicyclic amines) is 1. The normalized spacial score (nSPS) is 14.5. The van der Waals surface area contributed by atoms with Gasteiger partial charge >= 0.3 is 6.03 Å². The van der Waals surface area contributed by atoms with Crippen LogP contribution < -0.4 is 10.6 Å². The summed E-state index contributed by atoms with van der Waals surface area (Å²) in [5.74, 6) is 0.0715. The minimum Gasteiger partial charge on any atom is -0.339 e. The van der Waals surface area contributed by atoms with Crippen molar-refractivity contribution in [1.29, 1.82) is 0 Å². The average molecular weight is 337 g/mol. The largest absolute Gasteiger partial charge is 0.339 e. The van der Waals surface area contributed by atoms with Gasteiger partial charge in [0.05, 0.1) is 0 Å². The molecular weight excluding hydrogens is 314 g/mol. The van der Waals surface area contributed by atoms with E-state index in [2.05, 4.69) is 10.6 Å². The number of hydrogen-bond acceptors (Lipinski definition) is 2. The number of nitrogens with zero attached hydrogens (tertiary/aromatic N) is 1. The SMILES string of the molecule is O=C(Nc1ccccc1)Nc1ccc(C(=O)N2CCCCCC2)cc1. The van der Waals surface area contributed by atoms with Crippen LogP contribution in [0.5, 0.6) is 0 Å². The van der Waals surface area contributed by atoms with E-state index in [4.69, 9.17) is 0 Å². The zero-order chi connectivity index (χ0) is 17.5. The van der Waals surface area contributed by atoms with E-state index < -0.39 is 0 Å². The number of carbonyl (C=O) groups is 2. The third-order valence-electron chi connectivity index (χ3n) is 4.31. The van der Waals surface area contributed by atoms with Crippen LogP contribution in [0.1, 0.15) is 36.0 Å². The molecule has 2 aromatic carbocycles. The molecule has 0 bridgehead atoms. The first-order chi connectivity index (χ1) is 12.2. The molecule has 25 heavy (non-hydrogen) atoms. The predicted molar refractivity (Wildman–Crippen MR) is 99.9 cm³/mol. The van der Waals surface area contributed by atoms with Crippen molar-refractivity contribution in [1.82, 2.24) is 4.90 Å². The number of benzene rings is 2. The van der Waals surface area contributed by atoms with Crippen molar-refractivity contribution in [3.05, 3.63) is 60.2 Å². The van der Waals surface area contributed by atoms with Gasteiger partial charge in [0.2, 0.25) is 0 Å². The Labute approximate surface area is 148 Å². The van der Waals surface area contributed by atoms with Crippen LogP contribution >= 0.6 is 0 Å². The minimum absolute atomic E-state index is 0.0715. The molecular formula is C20H23N3O2. The second-order valence-corrected chi connectivity index (χ2v) is 6.23. The lowest BCUT2D eigenvalue weighted by Gasteiger charge is -2.20. The maximum atomic E-state index is 12.6. The van der Waals surface area contributed by atoms with Gasteiger partial charge < -0.3 is 15.5 Å². The first-order valence-corrected chi connectivity index (χ1v) is 8.75. The molecule has 2 N–H and O–H groups in total. The van der Waals surface area contributed by atoms with Gasteiger partial charge in [0.1, 0.15) is 0 Å². The third kappa shape index (κ3) is 4.83. The number of nitrogens with one attached hydrogen (secondary N) is 2. The summed E-state index contributed by atoms with van der Waals surface area (Å²) in [6, 6.07) is 16.0. The highest BCUT2D eigenvalue weighted by atomic mass is 16.2. The van der Waals surface area contributed by atoms with Crippen LogP contribution in [0.3, 0.4) is 0 Å². The number of amides is 3. The van der Waals surface area contributed by atoms with Crippen molar-refractivity contribution >= 4 is 23.3 Å². The van der Waals surface area contributed by atoms with Crippen LogP contribution in [0.2, 0.25) is 0 Å². The Morgan fingerprint density at radius 2 is 1.28 bits per heavy atom. The van der Waals surface area contributed by atoms with E-state index in [0.717, 1.165) is 31.6 Å². The Hall–Kier alpha value is -2.82. The molecule has 1 saturated heterocycles. The molecule has 0 saturated carbocycles. The van der Waals surface area contributed by atoms with Gasteiger partial charge in [0.25, 0.3) is 5.91 Å². The molecule has 0 aromatic heterocycles. The topological polar surface area (TPSA) is 61.4 Å². The zero-order valence-electron chi connectivity index (χ0n) is 14.2. The molecule has 5 heteroatoms. The van der Waals surface area contributed by atoms with Crippen molar-refractivity contribution in [2.24, 2.45) is 0 Å². The van der Waals surface area contributed by atoms with E-state index in [1.807, 2.05) is 35.2 Å².